The third-order valence-electron chi connectivity index (χ3n) is 6.03. The molecular weight excluding hydrogens is 352 g/mol. The van der Waals surface area contributed by atoms with E-state index < -0.39 is 0 Å². The molecule has 0 bridgehead atoms. The molecule has 2 fully saturated rings. The Kier molecular flexibility index (Phi) is 5.78. The van der Waals surface area contributed by atoms with E-state index in [9.17, 15) is 4.79 Å². The first-order valence-corrected chi connectivity index (χ1v) is 10.4. The highest BCUT2D eigenvalue weighted by molar-refractivity contribution is 5.83. The van der Waals surface area contributed by atoms with E-state index in [0.29, 0.717) is 18.4 Å². The number of nitrogens with zero attached hydrogens (tertiary/aromatic N) is 3. The molecule has 2 aromatic rings. The van der Waals surface area contributed by atoms with Crippen molar-refractivity contribution in [2.75, 3.05) is 39.4 Å². The van der Waals surface area contributed by atoms with Gasteiger partial charge in [-0.25, -0.2) is 0 Å². The Morgan fingerprint density at radius 3 is 2.71 bits per heavy atom. The number of nitrogens with one attached hydrogen (secondary N) is 1. The van der Waals surface area contributed by atoms with Gasteiger partial charge in [0, 0.05) is 13.0 Å². The van der Waals surface area contributed by atoms with Gasteiger partial charge in [-0.3, -0.25) is 9.48 Å². The van der Waals surface area contributed by atoms with Gasteiger partial charge in [0.25, 0.3) is 0 Å². The lowest BCUT2D eigenvalue weighted by atomic mass is 10.1. The molecular formula is C22H31N4O2+. The van der Waals surface area contributed by atoms with Crippen LogP contribution in [0.2, 0.25) is 0 Å². The largest absolute Gasteiger partial charge is 0.370 e. The molecule has 4 rings (SSSR count). The van der Waals surface area contributed by atoms with Crippen LogP contribution in [0, 0.1) is 12.8 Å². The third kappa shape index (κ3) is 4.45. The van der Waals surface area contributed by atoms with Crippen LogP contribution in [-0.4, -0.2) is 60.0 Å². The van der Waals surface area contributed by atoms with Crippen LogP contribution in [0.25, 0.3) is 0 Å². The number of hydrogen-bond donors (Lipinski definition) is 1. The lowest BCUT2D eigenvalue weighted by Crippen LogP contribution is -3.14. The molecule has 0 unspecified atom stereocenters. The summed E-state index contributed by atoms with van der Waals surface area (Å²) in [6.07, 6.45) is 0.966. The summed E-state index contributed by atoms with van der Waals surface area (Å²) >= 11 is 0. The number of carbonyl (C=O) groups is 1. The Bertz CT molecular complexity index is 798. The fraction of sp³-hybridized carbons (Fsp3) is 0.545. The molecule has 0 radical (unpaired) electrons. The van der Waals surface area contributed by atoms with Gasteiger partial charge in [0.2, 0.25) is 5.91 Å². The minimum absolute atomic E-state index is 0.122. The van der Waals surface area contributed by atoms with Gasteiger partial charge >= 0.3 is 0 Å². The average Bonchev–Trinajstić information content (AvgIpc) is 3.45. The molecule has 1 amide bonds. The topological polar surface area (TPSA) is 51.8 Å². The second-order valence-corrected chi connectivity index (χ2v) is 8.13. The molecule has 6 nitrogen and oxygen atoms in total. The van der Waals surface area contributed by atoms with Gasteiger partial charge in [-0.1, -0.05) is 30.3 Å². The molecule has 150 valence electrons. The highest BCUT2D eigenvalue weighted by Crippen LogP contribution is 2.48. The lowest BCUT2D eigenvalue weighted by Gasteiger charge is -2.28. The van der Waals surface area contributed by atoms with Gasteiger partial charge in [-0.15, -0.1) is 0 Å². The Hall–Kier alpha value is -2.18. The summed E-state index contributed by atoms with van der Waals surface area (Å²) in [4.78, 5) is 16.9. The number of aromatic nitrogens is 2. The van der Waals surface area contributed by atoms with Crippen LogP contribution in [0.5, 0.6) is 0 Å². The molecule has 0 spiro atoms. The minimum Gasteiger partial charge on any atom is -0.370 e. The van der Waals surface area contributed by atoms with Crippen molar-refractivity contribution in [3.05, 3.63) is 53.3 Å². The van der Waals surface area contributed by atoms with E-state index in [0.717, 1.165) is 57.2 Å². The molecule has 2 atom stereocenters. The number of morpholine rings is 1. The van der Waals surface area contributed by atoms with Crippen LogP contribution >= 0.6 is 0 Å². The summed E-state index contributed by atoms with van der Waals surface area (Å²) in [5.41, 5.74) is 3.38. The maximum atomic E-state index is 13.3. The molecule has 1 saturated carbocycles. The van der Waals surface area contributed by atoms with E-state index in [-0.39, 0.29) is 5.92 Å². The fourth-order valence-corrected chi connectivity index (χ4v) is 4.25. The van der Waals surface area contributed by atoms with Gasteiger partial charge in [0.05, 0.1) is 44.2 Å². The summed E-state index contributed by atoms with van der Waals surface area (Å²) in [6.45, 7) is 8.11. The van der Waals surface area contributed by atoms with Crippen molar-refractivity contribution in [3.8, 4) is 0 Å². The number of quaternary nitrogens is 1. The van der Waals surface area contributed by atoms with E-state index in [1.165, 1.54) is 10.5 Å². The second kappa shape index (κ2) is 8.45. The third-order valence-corrected chi connectivity index (χ3v) is 6.03. The number of aryl methyl sites for hydroxylation is 2. The zero-order valence-electron chi connectivity index (χ0n) is 16.9. The normalized spacial score (nSPS) is 22.2. The Balaban J connectivity index is 1.44. The summed E-state index contributed by atoms with van der Waals surface area (Å²) < 4.78 is 7.37. The average molecular weight is 384 g/mol. The van der Waals surface area contributed by atoms with Crippen molar-refractivity contribution in [2.45, 2.75) is 25.8 Å². The highest BCUT2D eigenvalue weighted by atomic mass is 16.5. The van der Waals surface area contributed by atoms with Crippen molar-refractivity contribution in [2.24, 2.45) is 13.0 Å². The van der Waals surface area contributed by atoms with Crippen LogP contribution in [0.15, 0.2) is 36.4 Å². The maximum Gasteiger partial charge on any atom is 0.226 e. The highest BCUT2D eigenvalue weighted by Gasteiger charge is 2.45. The van der Waals surface area contributed by atoms with Gasteiger partial charge in [0.1, 0.15) is 13.1 Å². The summed E-state index contributed by atoms with van der Waals surface area (Å²) in [5, 5.41) is 4.45. The van der Waals surface area contributed by atoms with E-state index in [1.54, 1.807) is 0 Å². The zero-order chi connectivity index (χ0) is 19.5. The fourth-order valence-electron chi connectivity index (χ4n) is 4.25. The first-order chi connectivity index (χ1) is 13.6. The van der Waals surface area contributed by atoms with Crippen LogP contribution in [0.3, 0.4) is 0 Å². The number of carbonyl (C=O) groups excluding carboxylic acids is 1. The van der Waals surface area contributed by atoms with Crippen molar-refractivity contribution in [1.82, 2.24) is 14.7 Å². The molecule has 2 heterocycles. The maximum absolute atomic E-state index is 13.3. The lowest BCUT2D eigenvalue weighted by molar-refractivity contribution is -0.907. The first-order valence-electron chi connectivity index (χ1n) is 10.4. The molecule has 2 aliphatic rings. The molecule has 1 aromatic carbocycles. The number of rotatable bonds is 7. The quantitative estimate of drug-likeness (QED) is 0.769. The Morgan fingerprint density at radius 1 is 1.29 bits per heavy atom. The number of amides is 1. The number of benzene rings is 1. The van der Waals surface area contributed by atoms with Crippen molar-refractivity contribution in [1.29, 1.82) is 0 Å². The SMILES string of the molecule is Cc1cc(CN(CC[NH+]2CCOCC2)C(=O)[C@H]2C[C@H]2c2ccccc2)n(C)n1. The monoisotopic (exact) mass is 383 g/mol. The molecule has 1 saturated heterocycles. The number of hydrogen-bond acceptors (Lipinski definition) is 3. The van der Waals surface area contributed by atoms with Gasteiger partial charge < -0.3 is 14.5 Å². The van der Waals surface area contributed by atoms with Gasteiger partial charge in [-0.2, -0.15) is 5.10 Å². The van der Waals surface area contributed by atoms with Crippen LogP contribution < -0.4 is 4.90 Å². The Labute approximate surface area is 167 Å². The predicted octanol–water partition coefficient (Wildman–Crippen LogP) is 0.776. The molecule has 1 N–H and O–H groups in total. The van der Waals surface area contributed by atoms with Crippen LogP contribution in [0.4, 0.5) is 0 Å². The van der Waals surface area contributed by atoms with E-state index in [1.807, 2.05) is 24.7 Å². The standard InChI is InChI=1S/C22H30N4O2/c1-17-14-19(24(2)23-17)16-26(9-8-25-10-12-28-13-11-25)22(27)21-15-20(21)18-6-4-3-5-7-18/h3-7,14,20-21H,8-13,15-16H2,1-2H3/p+1/t20-,21-/m0/s1. The summed E-state index contributed by atoms with van der Waals surface area (Å²) in [7, 11) is 1.96. The van der Waals surface area contributed by atoms with E-state index in [2.05, 4.69) is 40.3 Å². The summed E-state index contributed by atoms with van der Waals surface area (Å²) in [6, 6.07) is 12.5. The second-order valence-electron chi connectivity index (χ2n) is 8.13. The first kappa shape index (κ1) is 19.2. The molecule has 28 heavy (non-hydrogen) atoms. The predicted molar refractivity (Wildman–Crippen MR) is 107 cm³/mol. The Morgan fingerprint density at radius 2 is 2.04 bits per heavy atom. The summed E-state index contributed by atoms with van der Waals surface area (Å²) in [5.74, 6) is 0.789. The van der Waals surface area contributed by atoms with Crippen molar-refractivity contribution < 1.29 is 14.4 Å². The molecule has 1 aliphatic carbocycles. The number of ether oxygens (including phenoxy) is 1. The van der Waals surface area contributed by atoms with Crippen molar-refractivity contribution >= 4 is 5.91 Å². The van der Waals surface area contributed by atoms with E-state index in [4.69, 9.17) is 4.74 Å². The smallest absolute Gasteiger partial charge is 0.226 e. The van der Waals surface area contributed by atoms with Gasteiger partial charge in [-0.05, 0) is 30.9 Å². The van der Waals surface area contributed by atoms with Gasteiger partial charge in [0.15, 0.2) is 0 Å². The molecule has 1 aromatic heterocycles. The van der Waals surface area contributed by atoms with E-state index >= 15 is 0 Å². The molecule has 6 heteroatoms. The minimum atomic E-state index is 0.122. The van der Waals surface area contributed by atoms with Crippen LogP contribution in [0.1, 0.15) is 29.3 Å². The van der Waals surface area contributed by atoms with Crippen molar-refractivity contribution in [3.63, 3.8) is 0 Å². The van der Waals surface area contributed by atoms with Crippen LogP contribution in [-0.2, 0) is 23.1 Å². The zero-order valence-corrected chi connectivity index (χ0v) is 16.9. The molecule has 1 aliphatic heterocycles.